The third kappa shape index (κ3) is 6.55. The second-order valence-electron chi connectivity index (χ2n) is 7.64. The van der Waals surface area contributed by atoms with Crippen molar-refractivity contribution in [3.05, 3.63) is 0 Å². The number of hydrogen-bond acceptors (Lipinski definition) is 3. The number of rotatable bonds is 8. The van der Waals surface area contributed by atoms with Gasteiger partial charge in [0.05, 0.1) is 0 Å². The third-order valence-corrected chi connectivity index (χ3v) is 4.85. The van der Waals surface area contributed by atoms with Crippen molar-refractivity contribution in [1.29, 1.82) is 0 Å². The van der Waals surface area contributed by atoms with Crippen LogP contribution < -0.4 is 5.32 Å². The van der Waals surface area contributed by atoms with E-state index in [-0.39, 0.29) is 0 Å². The molecule has 0 spiro atoms. The lowest BCUT2D eigenvalue weighted by Gasteiger charge is -2.37. The molecule has 1 aliphatic rings. The molecule has 0 radical (unpaired) electrons. The van der Waals surface area contributed by atoms with E-state index in [0.29, 0.717) is 11.5 Å². The molecule has 1 saturated heterocycles. The molecule has 0 saturated carbocycles. The summed E-state index contributed by atoms with van der Waals surface area (Å²) < 4.78 is 0. The maximum Gasteiger partial charge on any atom is 0.00444 e. The van der Waals surface area contributed by atoms with Crippen molar-refractivity contribution in [1.82, 2.24) is 15.1 Å². The molecule has 0 aliphatic carbocycles. The van der Waals surface area contributed by atoms with Gasteiger partial charge in [0.25, 0.3) is 0 Å². The Hall–Kier alpha value is -0.120. The van der Waals surface area contributed by atoms with Crippen molar-refractivity contribution < 1.29 is 0 Å². The first kappa shape index (κ1) is 17.9. The van der Waals surface area contributed by atoms with Crippen molar-refractivity contribution >= 4 is 0 Å². The van der Waals surface area contributed by atoms with Crippen LogP contribution in [0.3, 0.4) is 0 Å². The molecule has 1 heterocycles. The lowest BCUT2D eigenvalue weighted by molar-refractivity contribution is 0.132. The topological polar surface area (TPSA) is 18.5 Å². The Kier molecular flexibility index (Phi) is 7.49. The molecule has 20 heavy (non-hydrogen) atoms. The zero-order valence-corrected chi connectivity index (χ0v) is 14.7. The van der Waals surface area contributed by atoms with E-state index in [2.05, 4.69) is 56.9 Å². The Bertz CT molecular complexity index is 259. The predicted octanol–water partition coefficient (Wildman–Crippen LogP) is 2.67. The minimum Gasteiger partial charge on any atom is -0.314 e. The van der Waals surface area contributed by atoms with Crippen molar-refractivity contribution in [2.24, 2.45) is 11.3 Å². The number of nitrogens with one attached hydrogen (secondary N) is 1. The fourth-order valence-electron chi connectivity index (χ4n) is 3.14. The largest absolute Gasteiger partial charge is 0.314 e. The third-order valence-electron chi connectivity index (χ3n) is 4.85. The average molecular weight is 284 g/mol. The molecule has 1 N–H and O–H groups in total. The summed E-state index contributed by atoms with van der Waals surface area (Å²) in [5.41, 5.74) is 0.393. The van der Waals surface area contributed by atoms with Gasteiger partial charge in [-0.2, -0.15) is 0 Å². The maximum absolute atomic E-state index is 3.62. The zero-order valence-electron chi connectivity index (χ0n) is 14.7. The number of likely N-dealkylation sites (tertiary alicyclic amines) is 1. The van der Waals surface area contributed by atoms with Crippen LogP contribution in [0.1, 0.15) is 47.0 Å². The Balaban J connectivity index is 2.36. The first-order chi connectivity index (χ1) is 9.34. The minimum atomic E-state index is 0.393. The predicted molar refractivity (Wildman–Crippen MR) is 89.3 cm³/mol. The number of nitrogens with zero attached hydrogens (tertiary/aromatic N) is 2. The second kappa shape index (κ2) is 8.35. The summed E-state index contributed by atoms with van der Waals surface area (Å²) in [7, 11) is 4.55. The SMILES string of the molecule is CCC(C)(CNC(C)C)CN(C)CC1CCN(C)CC1. The van der Waals surface area contributed by atoms with Gasteiger partial charge < -0.3 is 15.1 Å². The Morgan fingerprint density at radius 3 is 2.40 bits per heavy atom. The van der Waals surface area contributed by atoms with E-state index in [9.17, 15) is 0 Å². The van der Waals surface area contributed by atoms with Gasteiger partial charge in [-0.25, -0.2) is 0 Å². The Morgan fingerprint density at radius 2 is 1.90 bits per heavy atom. The van der Waals surface area contributed by atoms with Gasteiger partial charge in [0.2, 0.25) is 0 Å². The van der Waals surface area contributed by atoms with Gasteiger partial charge in [-0.15, -0.1) is 0 Å². The van der Waals surface area contributed by atoms with Crippen LogP contribution in [0.2, 0.25) is 0 Å². The molecule has 3 heteroatoms. The van der Waals surface area contributed by atoms with E-state index in [4.69, 9.17) is 0 Å². The highest BCUT2D eigenvalue weighted by atomic mass is 15.1. The first-order valence-electron chi connectivity index (χ1n) is 8.45. The molecule has 0 aromatic rings. The lowest BCUT2D eigenvalue weighted by atomic mass is 9.86. The van der Waals surface area contributed by atoms with Crippen LogP contribution in [-0.2, 0) is 0 Å². The molecular weight excluding hydrogens is 246 g/mol. The van der Waals surface area contributed by atoms with E-state index in [0.717, 1.165) is 12.5 Å². The average Bonchev–Trinajstić information content (AvgIpc) is 2.39. The maximum atomic E-state index is 3.62. The molecule has 120 valence electrons. The Labute approximate surface area is 127 Å². The van der Waals surface area contributed by atoms with E-state index < -0.39 is 0 Å². The lowest BCUT2D eigenvalue weighted by Crippen LogP contribution is -2.44. The van der Waals surface area contributed by atoms with E-state index in [1.54, 1.807) is 0 Å². The van der Waals surface area contributed by atoms with E-state index >= 15 is 0 Å². The van der Waals surface area contributed by atoms with Crippen LogP contribution in [0.15, 0.2) is 0 Å². The van der Waals surface area contributed by atoms with Crippen molar-refractivity contribution in [2.45, 2.75) is 53.0 Å². The van der Waals surface area contributed by atoms with Gasteiger partial charge in [0, 0.05) is 25.7 Å². The van der Waals surface area contributed by atoms with E-state index in [1.807, 2.05) is 0 Å². The van der Waals surface area contributed by atoms with Crippen LogP contribution in [0.5, 0.6) is 0 Å². The molecule has 1 unspecified atom stereocenters. The quantitative estimate of drug-likeness (QED) is 0.739. The molecule has 0 aromatic heterocycles. The summed E-state index contributed by atoms with van der Waals surface area (Å²) in [6.45, 7) is 15.4. The molecule has 0 amide bonds. The number of piperidine rings is 1. The highest BCUT2D eigenvalue weighted by molar-refractivity contribution is 4.81. The molecule has 1 aliphatic heterocycles. The highest BCUT2D eigenvalue weighted by Crippen LogP contribution is 2.23. The van der Waals surface area contributed by atoms with Crippen molar-refractivity contribution in [2.75, 3.05) is 46.8 Å². The summed E-state index contributed by atoms with van der Waals surface area (Å²) in [6, 6.07) is 0.583. The monoisotopic (exact) mass is 283 g/mol. The van der Waals surface area contributed by atoms with Crippen LogP contribution in [-0.4, -0.2) is 62.7 Å². The molecule has 0 aromatic carbocycles. The molecule has 1 fully saturated rings. The van der Waals surface area contributed by atoms with Crippen molar-refractivity contribution in [3.63, 3.8) is 0 Å². The standard InChI is InChI=1S/C17H37N3/c1-7-17(4,13-18-15(2)3)14-20(6)12-16-8-10-19(5)11-9-16/h15-16,18H,7-14H2,1-6H3. The van der Waals surface area contributed by atoms with Gasteiger partial charge in [-0.05, 0) is 57.8 Å². The highest BCUT2D eigenvalue weighted by Gasteiger charge is 2.26. The van der Waals surface area contributed by atoms with Crippen LogP contribution in [0, 0.1) is 11.3 Å². The van der Waals surface area contributed by atoms with Crippen LogP contribution >= 0.6 is 0 Å². The van der Waals surface area contributed by atoms with Gasteiger partial charge in [-0.1, -0.05) is 27.7 Å². The van der Waals surface area contributed by atoms with Crippen LogP contribution in [0.4, 0.5) is 0 Å². The first-order valence-corrected chi connectivity index (χ1v) is 8.45. The molecule has 3 nitrogen and oxygen atoms in total. The van der Waals surface area contributed by atoms with Crippen molar-refractivity contribution in [3.8, 4) is 0 Å². The summed E-state index contributed by atoms with van der Waals surface area (Å²) >= 11 is 0. The van der Waals surface area contributed by atoms with Crippen LogP contribution in [0.25, 0.3) is 0 Å². The fourth-order valence-corrected chi connectivity index (χ4v) is 3.14. The molecular formula is C17H37N3. The number of hydrogen-bond donors (Lipinski definition) is 1. The normalized spacial score (nSPS) is 21.6. The fraction of sp³-hybridized carbons (Fsp3) is 1.00. The summed E-state index contributed by atoms with van der Waals surface area (Å²) in [5.74, 6) is 0.898. The second-order valence-corrected chi connectivity index (χ2v) is 7.64. The van der Waals surface area contributed by atoms with Gasteiger partial charge in [-0.3, -0.25) is 0 Å². The zero-order chi connectivity index (χ0) is 15.2. The summed E-state index contributed by atoms with van der Waals surface area (Å²) in [4.78, 5) is 5.03. The van der Waals surface area contributed by atoms with Gasteiger partial charge in [0.15, 0.2) is 0 Å². The molecule has 0 bridgehead atoms. The molecule has 1 rings (SSSR count). The van der Waals surface area contributed by atoms with E-state index in [1.165, 1.54) is 45.4 Å². The van der Waals surface area contributed by atoms with Gasteiger partial charge >= 0.3 is 0 Å². The summed E-state index contributed by atoms with van der Waals surface area (Å²) in [6.07, 6.45) is 3.98. The Morgan fingerprint density at radius 1 is 1.30 bits per heavy atom. The minimum absolute atomic E-state index is 0.393. The molecule has 1 atom stereocenters. The summed E-state index contributed by atoms with van der Waals surface area (Å²) in [5, 5.41) is 3.62. The smallest absolute Gasteiger partial charge is 0.00444 e. The van der Waals surface area contributed by atoms with Gasteiger partial charge in [0.1, 0.15) is 0 Å².